The van der Waals surface area contributed by atoms with Crippen LogP contribution in [0, 0.1) is 0 Å². The Bertz CT molecular complexity index is 125. The van der Waals surface area contributed by atoms with E-state index in [0.29, 0.717) is 0 Å². The Balaban J connectivity index is 2.02. The predicted octanol–water partition coefficient (Wildman–Crippen LogP) is 0.720. The van der Waals surface area contributed by atoms with Crippen LogP contribution in [0.15, 0.2) is 0 Å². The van der Waals surface area contributed by atoms with Gasteiger partial charge in [-0.25, -0.2) is 0 Å². The van der Waals surface area contributed by atoms with Gasteiger partial charge < -0.3 is 4.48 Å². The van der Waals surface area contributed by atoms with Crippen LogP contribution in [0.2, 0.25) is 0 Å². The van der Waals surface area contributed by atoms with Gasteiger partial charge in [0.1, 0.15) is 13.2 Å². The van der Waals surface area contributed by atoms with Crippen molar-refractivity contribution in [2.45, 2.75) is 12.8 Å². The van der Waals surface area contributed by atoms with E-state index in [2.05, 4.69) is 26.2 Å². The lowest BCUT2D eigenvalue weighted by Crippen LogP contribution is -2.39. The Kier molecular flexibility index (Phi) is 3.50. The molecule has 0 aromatic rings. The average molecular weight is 173 g/mol. The molecule has 0 unspecified atom stereocenters. The topological polar surface area (TPSA) is 12.5 Å². The average Bonchev–Trinajstić information content (AvgIpc) is 2.36. The zero-order chi connectivity index (χ0) is 9.03. The molecule has 1 aliphatic rings. The normalized spacial score (nSPS) is 20.2. The van der Waals surface area contributed by atoms with Gasteiger partial charge in [0.05, 0.1) is 21.1 Å². The quantitative estimate of drug-likeness (QED) is 0.581. The highest BCUT2D eigenvalue weighted by molar-refractivity contribution is 4.56. The maximum absolute atomic E-state index is 5.60. The molecule has 0 bridgehead atoms. The summed E-state index contributed by atoms with van der Waals surface area (Å²) in [5.74, 6) is 0. The molecule has 0 aromatic carbocycles. The van der Waals surface area contributed by atoms with Crippen LogP contribution in [0.3, 0.4) is 0 Å². The molecule has 0 aliphatic carbocycles. The molecular formula is C9H21N2O+. The lowest BCUT2D eigenvalue weighted by molar-refractivity contribution is -0.871. The van der Waals surface area contributed by atoms with Crippen LogP contribution in [0.1, 0.15) is 12.8 Å². The summed E-state index contributed by atoms with van der Waals surface area (Å²) in [5, 5.41) is 2.09. The number of hydrogen-bond donors (Lipinski definition) is 0. The van der Waals surface area contributed by atoms with Crippen LogP contribution in [0.25, 0.3) is 0 Å². The van der Waals surface area contributed by atoms with Gasteiger partial charge in [-0.15, -0.1) is 0 Å². The molecule has 72 valence electrons. The Morgan fingerprint density at radius 1 is 1.17 bits per heavy atom. The number of quaternary nitrogens is 1. The molecule has 0 spiro atoms. The predicted molar refractivity (Wildman–Crippen MR) is 49.7 cm³/mol. The van der Waals surface area contributed by atoms with E-state index in [9.17, 15) is 0 Å². The first-order valence-corrected chi connectivity index (χ1v) is 4.76. The minimum atomic E-state index is 0.851. The molecule has 0 saturated carbocycles. The fraction of sp³-hybridized carbons (Fsp3) is 1.00. The molecule has 1 heterocycles. The standard InChI is InChI=1S/C9H21N2O/c1-11(2,3)8-9-12-10-6-4-5-7-10/h4-9H2,1-3H3/q+1. The van der Waals surface area contributed by atoms with Crippen molar-refractivity contribution in [3.8, 4) is 0 Å². The van der Waals surface area contributed by atoms with Gasteiger partial charge in [0.25, 0.3) is 0 Å². The van der Waals surface area contributed by atoms with Crippen molar-refractivity contribution in [1.82, 2.24) is 5.06 Å². The molecule has 1 rings (SSSR count). The fourth-order valence-electron chi connectivity index (χ4n) is 1.26. The van der Waals surface area contributed by atoms with Gasteiger partial charge in [-0.05, 0) is 12.8 Å². The van der Waals surface area contributed by atoms with Crippen molar-refractivity contribution < 1.29 is 9.32 Å². The molecule has 1 aliphatic heterocycles. The molecule has 1 saturated heterocycles. The minimum Gasteiger partial charge on any atom is -0.329 e. The maximum Gasteiger partial charge on any atom is 0.117 e. The van der Waals surface area contributed by atoms with E-state index in [0.717, 1.165) is 30.7 Å². The third-order valence-corrected chi connectivity index (χ3v) is 2.10. The number of hydroxylamine groups is 2. The van der Waals surface area contributed by atoms with Gasteiger partial charge >= 0.3 is 0 Å². The summed E-state index contributed by atoms with van der Waals surface area (Å²) in [6.45, 7) is 4.17. The van der Waals surface area contributed by atoms with Crippen LogP contribution >= 0.6 is 0 Å². The molecule has 0 amide bonds. The Labute approximate surface area is 75.5 Å². The fourth-order valence-corrected chi connectivity index (χ4v) is 1.26. The van der Waals surface area contributed by atoms with E-state index in [1.165, 1.54) is 12.8 Å². The van der Waals surface area contributed by atoms with Crippen molar-refractivity contribution in [1.29, 1.82) is 0 Å². The highest BCUT2D eigenvalue weighted by atomic mass is 16.7. The number of rotatable bonds is 4. The van der Waals surface area contributed by atoms with Gasteiger partial charge in [0, 0.05) is 13.1 Å². The summed E-state index contributed by atoms with van der Waals surface area (Å²) in [7, 11) is 6.56. The van der Waals surface area contributed by atoms with Crippen molar-refractivity contribution in [2.24, 2.45) is 0 Å². The Morgan fingerprint density at radius 3 is 2.25 bits per heavy atom. The van der Waals surface area contributed by atoms with Gasteiger partial charge in [-0.1, -0.05) is 0 Å². The van der Waals surface area contributed by atoms with Crippen molar-refractivity contribution in [3.05, 3.63) is 0 Å². The molecule has 12 heavy (non-hydrogen) atoms. The zero-order valence-electron chi connectivity index (χ0n) is 8.55. The SMILES string of the molecule is C[N+](C)(C)CCON1CCCC1. The van der Waals surface area contributed by atoms with Crippen LogP contribution in [-0.4, -0.2) is 56.9 Å². The van der Waals surface area contributed by atoms with Crippen LogP contribution in [0.5, 0.6) is 0 Å². The number of hydrogen-bond acceptors (Lipinski definition) is 2. The second-order valence-electron chi connectivity index (χ2n) is 4.48. The van der Waals surface area contributed by atoms with Gasteiger partial charge in [0.15, 0.2) is 0 Å². The molecule has 0 aromatic heterocycles. The van der Waals surface area contributed by atoms with Crippen molar-refractivity contribution >= 4 is 0 Å². The maximum atomic E-state index is 5.60. The summed E-state index contributed by atoms with van der Waals surface area (Å²) in [6, 6.07) is 0. The Hall–Kier alpha value is -0.120. The van der Waals surface area contributed by atoms with E-state index < -0.39 is 0 Å². The third-order valence-electron chi connectivity index (χ3n) is 2.10. The molecule has 3 heteroatoms. The molecule has 0 atom stereocenters. The highest BCUT2D eigenvalue weighted by Crippen LogP contribution is 2.07. The van der Waals surface area contributed by atoms with E-state index >= 15 is 0 Å². The first-order valence-electron chi connectivity index (χ1n) is 4.76. The van der Waals surface area contributed by atoms with Gasteiger partial charge in [-0.3, -0.25) is 4.84 Å². The van der Waals surface area contributed by atoms with Crippen molar-refractivity contribution in [2.75, 3.05) is 47.4 Å². The van der Waals surface area contributed by atoms with E-state index in [4.69, 9.17) is 4.84 Å². The summed E-state index contributed by atoms with van der Waals surface area (Å²) >= 11 is 0. The molecule has 0 radical (unpaired) electrons. The number of likely N-dealkylation sites (N-methyl/N-ethyl adjacent to an activating group) is 1. The second-order valence-corrected chi connectivity index (χ2v) is 4.48. The second kappa shape index (κ2) is 4.21. The highest BCUT2D eigenvalue weighted by Gasteiger charge is 2.13. The summed E-state index contributed by atoms with van der Waals surface area (Å²) < 4.78 is 0.980. The first kappa shape index (κ1) is 9.96. The van der Waals surface area contributed by atoms with Crippen LogP contribution in [-0.2, 0) is 4.84 Å². The molecular weight excluding hydrogens is 152 g/mol. The monoisotopic (exact) mass is 173 g/mol. The van der Waals surface area contributed by atoms with Crippen molar-refractivity contribution in [3.63, 3.8) is 0 Å². The first-order chi connectivity index (χ1) is 5.58. The summed E-state index contributed by atoms with van der Waals surface area (Å²) in [4.78, 5) is 5.60. The molecule has 0 N–H and O–H groups in total. The Morgan fingerprint density at radius 2 is 1.75 bits per heavy atom. The zero-order valence-corrected chi connectivity index (χ0v) is 8.55. The van der Waals surface area contributed by atoms with Gasteiger partial charge in [-0.2, -0.15) is 5.06 Å². The summed E-state index contributed by atoms with van der Waals surface area (Å²) in [6.07, 6.45) is 2.59. The van der Waals surface area contributed by atoms with E-state index in [1.54, 1.807) is 0 Å². The van der Waals surface area contributed by atoms with Crippen LogP contribution in [0.4, 0.5) is 0 Å². The van der Waals surface area contributed by atoms with E-state index in [-0.39, 0.29) is 0 Å². The third kappa shape index (κ3) is 4.04. The lowest BCUT2D eigenvalue weighted by Gasteiger charge is -2.24. The van der Waals surface area contributed by atoms with Gasteiger partial charge in [0.2, 0.25) is 0 Å². The number of nitrogens with zero attached hydrogens (tertiary/aromatic N) is 2. The minimum absolute atomic E-state index is 0.851. The van der Waals surface area contributed by atoms with Crippen LogP contribution < -0.4 is 0 Å². The molecule has 3 nitrogen and oxygen atoms in total. The molecule has 1 fully saturated rings. The summed E-state index contributed by atoms with van der Waals surface area (Å²) in [5.41, 5.74) is 0. The smallest absolute Gasteiger partial charge is 0.117 e. The largest absolute Gasteiger partial charge is 0.329 e. The lowest BCUT2D eigenvalue weighted by atomic mass is 10.4. The van der Waals surface area contributed by atoms with E-state index in [1.807, 2.05) is 0 Å².